The Morgan fingerprint density at radius 2 is 1.76 bits per heavy atom. The van der Waals surface area contributed by atoms with Crippen molar-refractivity contribution >= 4 is 11.7 Å². The Labute approximate surface area is 240 Å². The van der Waals surface area contributed by atoms with Crippen molar-refractivity contribution in [3.63, 3.8) is 0 Å². The summed E-state index contributed by atoms with van der Waals surface area (Å²) in [4.78, 5) is 18.5. The molecule has 41 heavy (non-hydrogen) atoms. The highest BCUT2D eigenvalue weighted by Gasteiger charge is 2.30. The number of pyridine rings is 1. The Morgan fingerprint density at radius 3 is 2.46 bits per heavy atom. The van der Waals surface area contributed by atoms with Crippen LogP contribution in [0, 0.1) is 6.92 Å². The van der Waals surface area contributed by atoms with Crippen LogP contribution in [0.15, 0.2) is 54.6 Å². The largest absolute Gasteiger partial charge is 0.482 e. The lowest BCUT2D eigenvalue weighted by Gasteiger charge is -2.21. The number of benzene rings is 2. The fourth-order valence-electron chi connectivity index (χ4n) is 4.55. The number of unbranched alkanes of at least 4 members (excludes halogenated alkanes) is 1. The molecule has 1 aromatic heterocycles. The molecule has 9 heteroatoms. The van der Waals surface area contributed by atoms with Gasteiger partial charge in [-0.2, -0.15) is 13.2 Å². The van der Waals surface area contributed by atoms with Crippen molar-refractivity contribution in [2.75, 3.05) is 45.4 Å². The van der Waals surface area contributed by atoms with Gasteiger partial charge in [0.25, 0.3) is 0 Å². The average Bonchev–Trinajstić information content (AvgIpc) is 2.95. The molecule has 0 N–H and O–H groups in total. The van der Waals surface area contributed by atoms with Gasteiger partial charge in [-0.1, -0.05) is 18.2 Å². The van der Waals surface area contributed by atoms with E-state index in [2.05, 4.69) is 16.0 Å². The highest BCUT2D eigenvalue weighted by molar-refractivity contribution is 5.71. The molecular weight excluding hydrogens is 533 g/mol. The quantitative estimate of drug-likeness (QED) is 0.144. The minimum absolute atomic E-state index is 0.129. The van der Waals surface area contributed by atoms with E-state index >= 15 is 0 Å². The smallest absolute Gasteiger partial charge is 0.416 e. The molecule has 0 radical (unpaired) electrons. The van der Waals surface area contributed by atoms with Crippen molar-refractivity contribution in [2.45, 2.75) is 52.1 Å². The standard InChI is InChI=1S/C32H39F3N2O4/c1-5-40-31(38)22-41-30-17-15-28(21-26(30)12-9-19-39-4)37(3)18-7-6-10-24-14-16-29(36-23(24)2)25-11-8-13-27(20-25)32(33,34)35/h8,11,13-17,20-21H,5-7,9-10,12,18-19,22H2,1-4H3. The van der Waals surface area contributed by atoms with Crippen LogP contribution in [0.1, 0.15) is 48.6 Å². The van der Waals surface area contributed by atoms with E-state index < -0.39 is 17.7 Å². The van der Waals surface area contributed by atoms with Gasteiger partial charge in [0.1, 0.15) is 5.75 Å². The Balaban J connectivity index is 1.57. The molecule has 0 fully saturated rings. The van der Waals surface area contributed by atoms with Gasteiger partial charge < -0.3 is 19.1 Å². The van der Waals surface area contributed by atoms with E-state index in [1.165, 1.54) is 6.07 Å². The lowest BCUT2D eigenvalue weighted by molar-refractivity contribution is -0.145. The highest BCUT2D eigenvalue weighted by atomic mass is 19.4. The highest BCUT2D eigenvalue weighted by Crippen LogP contribution is 2.32. The third-order valence-electron chi connectivity index (χ3n) is 6.80. The molecule has 0 aliphatic heterocycles. The van der Waals surface area contributed by atoms with Crippen LogP contribution in [0.5, 0.6) is 5.75 Å². The molecule has 2 aromatic carbocycles. The molecule has 3 rings (SSSR count). The number of halogens is 3. The van der Waals surface area contributed by atoms with Crippen LogP contribution in [0.4, 0.5) is 18.9 Å². The molecule has 0 saturated carbocycles. The van der Waals surface area contributed by atoms with Gasteiger partial charge in [0, 0.05) is 44.3 Å². The number of hydrogen-bond acceptors (Lipinski definition) is 6. The maximum atomic E-state index is 13.1. The number of aryl methyl sites for hydroxylation is 3. The maximum Gasteiger partial charge on any atom is 0.416 e. The average molecular weight is 573 g/mol. The summed E-state index contributed by atoms with van der Waals surface area (Å²) >= 11 is 0. The van der Waals surface area contributed by atoms with E-state index in [1.54, 1.807) is 26.2 Å². The number of alkyl halides is 3. The zero-order chi connectivity index (χ0) is 29.8. The van der Waals surface area contributed by atoms with Gasteiger partial charge in [-0.15, -0.1) is 0 Å². The summed E-state index contributed by atoms with van der Waals surface area (Å²) in [5.74, 6) is 0.273. The number of hydrogen-bond donors (Lipinski definition) is 0. The van der Waals surface area contributed by atoms with Crippen molar-refractivity contribution < 1.29 is 32.2 Å². The Kier molecular flexibility index (Phi) is 12.0. The molecule has 3 aromatic rings. The van der Waals surface area contributed by atoms with Crippen molar-refractivity contribution in [1.29, 1.82) is 0 Å². The van der Waals surface area contributed by atoms with Crippen LogP contribution >= 0.6 is 0 Å². The molecule has 1 heterocycles. The minimum atomic E-state index is -4.39. The van der Waals surface area contributed by atoms with E-state index in [0.29, 0.717) is 30.2 Å². The van der Waals surface area contributed by atoms with E-state index in [9.17, 15) is 18.0 Å². The first-order chi connectivity index (χ1) is 19.6. The number of ether oxygens (including phenoxy) is 3. The number of nitrogens with zero attached hydrogens (tertiary/aromatic N) is 2. The second-order valence-electron chi connectivity index (χ2n) is 9.88. The molecule has 0 atom stereocenters. The van der Waals surface area contributed by atoms with E-state index in [1.807, 2.05) is 32.2 Å². The van der Waals surface area contributed by atoms with Gasteiger partial charge in [-0.3, -0.25) is 4.98 Å². The first-order valence-corrected chi connectivity index (χ1v) is 13.9. The third-order valence-corrected chi connectivity index (χ3v) is 6.80. The molecule has 0 aliphatic rings. The maximum absolute atomic E-state index is 13.1. The van der Waals surface area contributed by atoms with Crippen LogP contribution in [-0.2, 0) is 33.3 Å². The first-order valence-electron chi connectivity index (χ1n) is 13.9. The summed E-state index contributed by atoms with van der Waals surface area (Å²) in [5.41, 5.74) is 4.30. The van der Waals surface area contributed by atoms with Crippen molar-refractivity contribution in [3.8, 4) is 17.0 Å². The minimum Gasteiger partial charge on any atom is -0.482 e. The summed E-state index contributed by atoms with van der Waals surface area (Å²) in [6.45, 7) is 5.32. The fourth-order valence-corrected chi connectivity index (χ4v) is 4.55. The first kappa shape index (κ1) is 31.9. The van der Waals surface area contributed by atoms with Crippen LogP contribution < -0.4 is 9.64 Å². The number of methoxy groups -OCH3 is 1. The fraction of sp³-hybridized carbons (Fsp3) is 0.438. The van der Waals surface area contributed by atoms with E-state index in [0.717, 1.165) is 73.3 Å². The Hall–Kier alpha value is -3.59. The Morgan fingerprint density at radius 1 is 0.976 bits per heavy atom. The van der Waals surface area contributed by atoms with Crippen LogP contribution in [0.3, 0.4) is 0 Å². The molecule has 0 bridgehead atoms. The molecule has 0 unspecified atom stereocenters. The van der Waals surface area contributed by atoms with Gasteiger partial charge >= 0.3 is 12.1 Å². The summed E-state index contributed by atoms with van der Waals surface area (Å²) in [5, 5.41) is 0. The van der Waals surface area contributed by atoms with Crippen molar-refractivity contribution in [2.24, 2.45) is 0 Å². The summed E-state index contributed by atoms with van der Waals surface area (Å²) in [6, 6.07) is 15.0. The molecule has 0 amide bonds. The number of carbonyl (C=O) groups excluding carboxylic acids is 1. The molecule has 0 aliphatic carbocycles. The van der Waals surface area contributed by atoms with E-state index in [-0.39, 0.29) is 6.61 Å². The van der Waals surface area contributed by atoms with Crippen LogP contribution in [0.25, 0.3) is 11.3 Å². The lowest BCUT2D eigenvalue weighted by Crippen LogP contribution is -2.19. The SMILES string of the molecule is CCOC(=O)COc1ccc(N(C)CCCCc2ccc(-c3cccc(C(F)(F)F)c3)nc2C)cc1CCCOC. The molecular formula is C32H39F3N2O4. The molecule has 222 valence electrons. The van der Waals surface area contributed by atoms with Crippen molar-refractivity contribution in [3.05, 3.63) is 77.0 Å². The zero-order valence-corrected chi connectivity index (χ0v) is 24.2. The topological polar surface area (TPSA) is 60.9 Å². The normalized spacial score (nSPS) is 11.4. The lowest BCUT2D eigenvalue weighted by atomic mass is 10.0. The van der Waals surface area contributed by atoms with Crippen molar-refractivity contribution in [1.82, 2.24) is 4.98 Å². The molecule has 0 saturated heterocycles. The summed E-state index contributed by atoms with van der Waals surface area (Å²) in [7, 11) is 3.72. The van der Waals surface area contributed by atoms with Gasteiger partial charge in [0.15, 0.2) is 6.61 Å². The number of rotatable bonds is 15. The van der Waals surface area contributed by atoms with E-state index in [4.69, 9.17) is 14.2 Å². The zero-order valence-electron chi connectivity index (χ0n) is 24.2. The van der Waals surface area contributed by atoms with Crippen LogP contribution in [-0.4, -0.2) is 51.5 Å². The second kappa shape index (κ2) is 15.4. The van der Waals surface area contributed by atoms with Crippen LogP contribution in [0.2, 0.25) is 0 Å². The van der Waals surface area contributed by atoms with Gasteiger partial charge in [-0.05, 0) is 93.5 Å². The van der Waals surface area contributed by atoms with Gasteiger partial charge in [0.05, 0.1) is 17.9 Å². The number of carbonyl (C=O) groups is 1. The van der Waals surface area contributed by atoms with Gasteiger partial charge in [0.2, 0.25) is 0 Å². The number of aromatic nitrogens is 1. The monoisotopic (exact) mass is 572 g/mol. The predicted octanol–water partition coefficient (Wildman–Crippen LogP) is 7.06. The molecule has 6 nitrogen and oxygen atoms in total. The second-order valence-corrected chi connectivity index (χ2v) is 9.88. The summed E-state index contributed by atoms with van der Waals surface area (Å²) < 4.78 is 55.2. The predicted molar refractivity (Wildman–Crippen MR) is 154 cm³/mol. The Bertz CT molecular complexity index is 1280. The number of esters is 1. The summed E-state index contributed by atoms with van der Waals surface area (Å²) in [6.07, 6.45) is -0.0689. The molecule has 0 spiro atoms. The van der Waals surface area contributed by atoms with Gasteiger partial charge in [-0.25, -0.2) is 4.79 Å². The number of anilines is 1. The third kappa shape index (κ3) is 9.78.